The summed E-state index contributed by atoms with van der Waals surface area (Å²) in [4.78, 5) is 24.1. The molecule has 128 valence electrons. The summed E-state index contributed by atoms with van der Waals surface area (Å²) in [6, 6.07) is 3.57. The number of hydrogen-bond acceptors (Lipinski definition) is 4. The van der Waals surface area contributed by atoms with Crippen molar-refractivity contribution in [2.24, 2.45) is 0 Å². The molecule has 2 aromatic rings. The van der Waals surface area contributed by atoms with Gasteiger partial charge in [0.25, 0.3) is 5.91 Å². The Morgan fingerprint density at radius 3 is 2.88 bits per heavy atom. The van der Waals surface area contributed by atoms with Gasteiger partial charge < -0.3 is 15.2 Å². The van der Waals surface area contributed by atoms with Crippen molar-refractivity contribution in [1.29, 1.82) is 0 Å². The molecule has 0 radical (unpaired) electrons. The number of allylic oxidation sites excluding steroid dienone is 1. The van der Waals surface area contributed by atoms with Gasteiger partial charge in [-0.05, 0) is 25.0 Å². The molecule has 2 N–H and O–H groups in total. The zero-order chi connectivity index (χ0) is 17.7. The van der Waals surface area contributed by atoms with E-state index in [9.17, 15) is 19.1 Å². The Labute approximate surface area is 142 Å². The third-order valence-corrected chi connectivity index (χ3v) is 4.72. The van der Waals surface area contributed by atoms with Crippen LogP contribution in [-0.4, -0.2) is 30.1 Å². The molecule has 1 atom stereocenters. The fourth-order valence-electron chi connectivity index (χ4n) is 2.40. The minimum atomic E-state index is -1.12. The summed E-state index contributed by atoms with van der Waals surface area (Å²) < 4.78 is 19.8. The summed E-state index contributed by atoms with van der Waals surface area (Å²) in [5.41, 5.74) is 0.431. The second-order valence-corrected chi connectivity index (χ2v) is 6.24. The Hall–Kier alpha value is -2.25. The van der Waals surface area contributed by atoms with Gasteiger partial charge in [-0.2, -0.15) is 0 Å². The Morgan fingerprint density at radius 2 is 2.25 bits per heavy atom. The number of aliphatic carboxylic acids is 1. The zero-order valence-electron chi connectivity index (χ0n) is 13.2. The molecule has 7 heteroatoms. The number of hydrogen-bond donors (Lipinski definition) is 2. The van der Waals surface area contributed by atoms with Crippen molar-refractivity contribution >= 4 is 33.3 Å². The van der Waals surface area contributed by atoms with E-state index in [1.54, 1.807) is 18.2 Å². The van der Waals surface area contributed by atoms with E-state index in [1.807, 2.05) is 0 Å². The lowest BCUT2D eigenvalue weighted by molar-refractivity contribution is -0.139. The first kappa shape index (κ1) is 18.1. The molecule has 0 aliphatic heterocycles. The average molecular weight is 351 g/mol. The molecule has 0 saturated carbocycles. The van der Waals surface area contributed by atoms with Crippen molar-refractivity contribution in [2.75, 3.05) is 7.11 Å². The first-order valence-electron chi connectivity index (χ1n) is 7.33. The second-order valence-electron chi connectivity index (χ2n) is 5.19. The highest BCUT2D eigenvalue weighted by Gasteiger charge is 2.25. The number of amides is 1. The fourth-order valence-corrected chi connectivity index (χ4v) is 3.52. The van der Waals surface area contributed by atoms with Crippen LogP contribution in [0.25, 0.3) is 10.1 Å². The van der Waals surface area contributed by atoms with E-state index in [2.05, 4.69) is 11.9 Å². The zero-order valence-corrected chi connectivity index (χ0v) is 14.0. The molecule has 1 amide bonds. The highest BCUT2D eigenvalue weighted by molar-refractivity contribution is 7.21. The fraction of sp³-hybridized carbons (Fsp3) is 0.294. The number of carbonyl (C=O) groups excluding carboxylic acids is 1. The van der Waals surface area contributed by atoms with Crippen LogP contribution in [-0.2, 0) is 16.1 Å². The lowest BCUT2D eigenvalue weighted by Crippen LogP contribution is -2.40. The molecule has 5 nitrogen and oxygen atoms in total. The monoisotopic (exact) mass is 351 g/mol. The molecule has 24 heavy (non-hydrogen) atoms. The minimum Gasteiger partial charge on any atom is -0.480 e. The highest BCUT2D eigenvalue weighted by Crippen LogP contribution is 2.33. The molecule has 0 fully saturated rings. The number of nitrogens with one attached hydrogen (secondary N) is 1. The Bertz CT molecular complexity index is 771. The van der Waals surface area contributed by atoms with Crippen LogP contribution in [0.1, 0.15) is 28.1 Å². The molecule has 0 saturated heterocycles. The molecule has 1 aromatic carbocycles. The summed E-state index contributed by atoms with van der Waals surface area (Å²) in [5.74, 6) is -2.10. The van der Waals surface area contributed by atoms with Crippen LogP contribution in [0.2, 0.25) is 0 Å². The number of halogens is 1. The van der Waals surface area contributed by atoms with Crippen LogP contribution in [0.15, 0.2) is 30.9 Å². The number of benzene rings is 1. The molecule has 0 spiro atoms. The first-order chi connectivity index (χ1) is 11.5. The van der Waals surface area contributed by atoms with E-state index in [4.69, 9.17) is 4.74 Å². The topological polar surface area (TPSA) is 75.6 Å². The number of carboxylic acids is 1. The molecule has 0 aliphatic rings. The van der Waals surface area contributed by atoms with Gasteiger partial charge in [0, 0.05) is 22.8 Å². The quantitative estimate of drug-likeness (QED) is 0.715. The van der Waals surface area contributed by atoms with Gasteiger partial charge in [-0.3, -0.25) is 4.79 Å². The van der Waals surface area contributed by atoms with E-state index >= 15 is 0 Å². The van der Waals surface area contributed by atoms with Crippen molar-refractivity contribution in [2.45, 2.75) is 25.5 Å². The number of carbonyl (C=O) groups is 2. The van der Waals surface area contributed by atoms with Gasteiger partial charge in [-0.15, -0.1) is 17.9 Å². The van der Waals surface area contributed by atoms with Crippen molar-refractivity contribution in [3.8, 4) is 0 Å². The summed E-state index contributed by atoms with van der Waals surface area (Å²) in [7, 11) is 1.45. The Morgan fingerprint density at radius 1 is 1.50 bits per heavy atom. The summed E-state index contributed by atoms with van der Waals surface area (Å²) in [6.07, 6.45) is 2.29. The number of rotatable bonds is 8. The normalized spacial score (nSPS) is 12.1. The lowest BCUT2D eigenvalue weighted by Gasteiger charge is -2.13. The number of thiophene rings is 1. The highest BCUT2D eigenvalue weighted by atomic mass is 32.1. The maximum Gasteiger partial charge on any atom is 0.326 e. The van der Waals surface area contributed by atoms with Crippen LogP contribution in [0.3, 0.4) is 0 Å². The SMILES string of the molecule is C=CCCC(NC(=O)c1sc2cccc(F)c2c1COC)C(=O)O. The number of carboxylic acid groups (broad SMARTS) is 1. The number of fused-ring (bicyclic) bond motifs is 1. The smallest absolute Gasteiger partial charge is 0.326 e. The van der Waals surface area contributed by atoms with Gasteiger partial charge in [0.2, 0.25) is 0 Å². The van der Waals surface area contributed by atoms with E-state index in [0.29, 0.717) is 22.1 Å². The number of ether oxygens (including phenoxy) is 1. The molecular weight excluding hydrogens is 333 g/mol. The summed E-state index contributed by atoms with van der Waals surface area (Å²) in [6.45, 7) is 3.61. The third-order valence-electron chi connectivity index (χ3n) is 3.52. The van der Waals surface area contributed by atoms with Gasteiger partial charge in [-0.25, -0.2) is 9.18 Å². The van der Waals surface area contributed by atoms with Gasteiger partial charge in [0.05, 0.1) is 11.5 Å². The molecule has 0 aliphatic carbocycles. The van der Waals surface area contributed by atoms with Crippen LogP contribution >= 0.6 is 11.3 Å². The minimum absolute atomic E-state index is 0.0636. The molecule has 1 aromatic heterocycles. The second kappa shape index (κ2) is 8.03. The van der Waals surface area contributed by atoms with E-state index in [0.717, 1.165) is 11.3 Å². The van der Waals surface area contributed by atoms with Crippen LogP contribution in [0.5, 0.6) is 0 Å². The van der Waals surface area contributed by atoms with Crippen molar-refractivity contribution in [3.05, 3.63) is 47.1 Å². The van der Waals surface area contributed by atoms with E-state index in [-0.39, 0.29) is 17.9 Å². The van der Waals surface area contributed by atoms with E-state index in [1.165, 1.54) is 13.2 Å². The van der Waals surface area contributed by atoms with Gasteiger partial charge in [-0.1, -0.05) is 12.1 Å². The van der Waals surface area contributed by atoms with Gasteiger partial charge >= 0.3 is 5.97 Å². The lowest BCUT2D eigenvalue weighted by atomic mass is 10.1. The molecule has 1 unspecified atom stereocenters. The van der Waals surface area contributed by atoms with Crippen LogP contribution in [0.4, 0.5) is 4.39 Å². The van der Waals surface area contributed by atoms with Gasteiger partial charge in [0.15, 0.2) is 0 Å². The average Bonchev–Trinajstić information content (AvgIpc) is 2.91. The van der Waals surface area contributed by atoms with Gasteiger partial charge in [0.1, 0.15) is 11.9 Å². The maximum absolute atomic E-state index is 14.1. The molecule has 0 bridgehead atoms. The summed E-state index contributed by atoms with van der Waals surface area (Å²) >= 11 is 1.12. The molecule has 2 rings (SSSR count). The first-order valence-corrected chi connectivity index (χ1v) is 8.14. The standard InChI is InChI=1S/C17H18FNO4S/c1-3-4-7-12(17(21)22)19-16(20)15-10(9-23-2)14-11(18)6-5-8-13(14)24-15/h3,5-6,8,12H,1,4,7,9H2,2H3,(H,19,20)(H,21,22). The Kier molecular flexibility index (Phi) is 6.05. The maximum atomic E-state index is 14.1. The number of methoxy groups -OCH3 is 1. The van der Waals surface area contributed by atoms with Crippen molar-refractivity contribution in [1.82, 2.24) is 5.32 Å². The predicted molar refractivity (Wildman–Crippen MR) is 90.8 cm³/mol. The predicted octanol–water partition coefficient (Wildman–Crippen LogP) is 3.34. The largest absolute Gasteiger partial charge is 0.480 e. The summed E-state index contributed by atoms with van der Waals surface area (Å²) in [5, 5.41) is 12.1. The van der Waals surface area contributed by atoms with Crippen LogP contribution < -0.4 is 5.32 Å². The molecule has 1 heterocycles. The Balaban J connectivity index is 2.37. The van der Waals surface area contributed by atoms with E-state index < -0.39 is 23.7 Å². The van der Waals surface area contributed by atoms with Crippen molar-refractivity contribution < 1.29 is 23.8 Å². The molecular formula is C17H18FNO4S. The van der Waals surface area contributed by atoms with Crippen LogP contribution in [0, 0.1) is 5.82 Å². The van der Waals surface area contributed by atoms with Crippen molar-refractivity contribution in [3.63, 3.8) is 0 Å². The third kappa shape index (κ3) is 3.80.